The van der Waals surface area contributed by atoms with Crippen LogP contribution >= 0.6 is 15.9 Å². The Morgan fingerprint density at radius 1 is 1.29 bits per heavy atom. The zero-order valence-corrected chi connectivity index (χ0v) is 15.8. The van der Waals surface area contributed by atoms with Gasteiger partial charge in [0.15, 0.2) is 0 Å². The highest BCUT2D eigenvalue weighted by Gasteiger charge is 2.27. The normalized spacial score (nSPS) is 11.8. The van der Waals surface area contributed by atoms with Gasteiger partial charge in [-0.05, 0) is 36.6 Å². The largest absolute Gasteiger partial charge is 0.352 e. The molecule has 4 N–H and O–H groups in total. The van der Waals surface area contributed by atoms with Gasteiger partial charge in [-0.1, -0.05) is 29.8 Å². The second-order valence-electron chi connectivity index (χ2n) is 5.93. The van der Waals surface area contributed by atoms with Crippen molar-refractivity contribution in [3.63, 3.8) is 0 Å². The van der Waals surface area contributed by atoms with E-state index >= 15 is 0 Å². The molecular weight excluding hydrogens is 376 g/mol. The lowest BCUT2D eigenvalue weighted by molar-refractivity contribution is -0.135. The van der Waals surface area contributed by atoms with Crippen molar-refractivity contribution in [2.45, 2.75) is 26.8 Å². The molecular formula is C16H23BrN4O3. The summed E-state index contributed by atoms with van der Waals surface area (Å²) < 4.78 is 0.919. The summed E-state index contributed by atoms with van der Waals surface area (Å²) in [5.41, 5.74) is 6.68. The molecule has 0 fully saturated rings. The van der Waals surface area contributed by atoms with Crippen molar-refractivity contribution in [2.24, 2.45) is 11.7 Å². The minimum Gasteiger partial charge on any atom is -0.352 e. The van der Waals surface area contributed by atoms with E-state index in [1.54, 1.807) is 19.9 Å². The quantitative estimate of drug-likeness (QED) is 0.680. The van der Waals surface area contributed by atoms with Crippen molar-refractivity contribution in [2.75, 3.05) is 18.9 Å². The standard InChI is InChI=1S/C16H23BrN4O3/c1-9(2)14(20-16(18)24)15(23)21(4)8-13(22)19-12-6-5-11(17)7-10(12)3/h5-7,9,14H,8H2,1-4H3,(H,19,22)(H3,18,20,24). The van der Waals surface area contributed by atoms with E-state index in [0.29, 0.717) is 5.69 Å². The molecule has 0 bridgehead atoms. The number of nitrogens with one attached hydrogen (secondary N) is 2. The van der Waals surface area contributed by atoms with Gasteiger partial charge in [0.05, 0.1) is 6.54 Å². The molecule has 0 aliphatic carbocycles. The molecule has 1 atom stereocenters. The van der Waals surface area contributed by atoms with Gasteiger partial charge in [0, 0.05) is 17.2 Å². The molecule has 4 amide bonds. The Kier molecular flexibility index (Phi) is 7.21. The number of aryl methyl sites for hydroxylation is 1. The Bertz CT molecular complexity index is 634. The zero-order chi connectivity index (χ0) is 18.4. The van der Waals surface area contributed by atoms with Gasteiger partial charge in [0.1, 0.15) is 6.04 Å². The first-order chi connectivity index (χ1) is 11.1. The number of amides is 4. The van der Waals surface area contributed by atoms with Crippen LogP contribution in [0.25, 0.3) is 0 Å². The Morgan fingerprint density at radius 3 is 2.42 bits per heavy atom. The molecule has 0 aromatic heterocycles. The fourth-order valence-electron chi connectivity index (χ4n) is 2.15. The zero-order valence-electron chi connectivity index (χ0n) is 14.2. The molecule has 0 saturated carbocycles. The predicted octanol–water partition coefficient (Wildman–Crippen LogP) is 1.85. The molecule has 0 spiro atoms. The maximum absolute atomic E-state index is 12.4. The van der Waals surface area contributed by atoms with Crippen LogP contribution in [0.5, 0.6) is 0 Å². The molecule has 0 saturated heterocycles. The van der Waals surface area contributed by atoms with Crippen LogP contribution in [0.3, 0.4) is 0 Å². The number of hydrogen-bond donors (Lipinski definition) is 3. The summed E-state index contributed by atoms with van der Waals surface area (Å²) in [6, 6.07) is 3.95. The van der Waals surface area contributed by atoms with Gasteiger partial charge < -0.3 is 21.3 Å². The lowest BCUT2D eigenvalue weighted by Gasteiger charge is -2.26. The number of nitrogens with two attached hydrogens (primary N) is 1. The van der Waals surface area contributed by atoms with Crippen LogP contribution < -0.4 is 16.4 Å². The Hall–Kier alpha value is -2.09. The van der Waals surface area contributed by atoms with E-state index in [4.69, 9.17) is 5.73 Å². The van der Waals surface area contributed by atoms with Crippen molar-refractivity contribution < 1.29 is 14.4 Å². The van der Waals surface area contributed by atoms with Crippen LogP contribution in [-0.4, -0.2) is 42.4 Å². The molecule has 7 nitrogen and oxygen atoms in total. The Balaban J connectivity index is 2.71. The maximum atomic E-state index is 12.4. The first kappa shape index (κ1) is 20.0. The average Bonchev–Trinajstić information content (AvgIpc) is 2.46. The van der Waals surface area contributed by atoms with Crippen LogP contribution in [0.2, 0.25) is 0 Å². The minimum absolute atomic E-state index is 0.127. The summed E-state index contributed by atoms with van der Waals surface area (Å²) in [5.74, 6) is -0.839. The molecule has 132 valence electrons. The predicted molar refractivity (Wildman–Crippen MR) is 96.5 cm³/mol. The van der Waals surface area contributed by atoms with Crippen molar-refractivity contribution in [3.05, 3.63) is 28.2 Å². The van der Waals surface area contributed by atoms with Crippen molar-refractivity contribution in [1.82, 2.24) is 10.2 Å². The molecule has 1 unspecified atom stereocenters. The fourth-order valence-corrected chi connectivity index (χ4v) is 2.63. The van der Waals surface area contributed by atoms with Crippen LogP contribution in [0, 0.1) is 12.8 Å². The van der Waals surface area contributed by atoms with E-state index in [0.717, 1.165) is 10.0 Å². The second kappa shape index (κ2) is 8.68. The lowest BCUT2D eigenvalue weighted by Crippen LogP contribution is -2.52. The molecule has 0 heterocycles. The number of urea groups is 1. The first-order valence-electron chi connectivity index (χ1n) is 7.48. The molecule has 8 heteroatoms. The number of nitrogens with zero attached hydrogens (tertiary/aromatic N) is 1. The number of carbonyl (C=O) groups excluding carboxylic acids is 3. The van der Waals surface area contributed by atoms with E-state index in [2.05, 4.69) is 26.6 Å². The van der Waals surface area contributed by atoms with Gasteiger partial charge in [0.2, 0.25) is 11.8 Å². The third-order valence-electron chi connectivity index (χ3n) is 3.45. The van der Waals surface area contributed by atoms with Crippen LogP contribution in [0.15, 0.2) is 22.7 Å². The van der Waals surface area contributed by atoms with E-state index in [-0.39, 0.29) is 24.3 Å². The summed E-state index contributed by atoms with van der Waals surface area (Å²) in [6.07, 6.45) is 0. The minimum atomic E-state index is -0.773. The van der Waals surface area contributed by atoms with Gasteiger partial charge in [-0.25, -0.2) is 4.79 Å². The number of carbonyl (C=O) groups is 3. The molecule has 1 rings (SSSR count). The molecule has 24 heavy (non-hydrogen) atoms. The molecule has 0 aliphatic rings. The number of benzene rings is 1. The Labute approximate surface area is 150 Å². The first-order valence-corrected chi connectivity index (χ1v) is 8.28. The lowest BCUT2D eigenvalue weighted by atomic mass is 10.0. The third kappa shape index (κ3) is 5.84. The van der Waals surface area contributed by atoms with Crippen molar-refractivity contribution in [3.8, 4) is 0 Å². The topological polar surface area (TPSA) is 105 Å². The highest BCUT2D eigenvalue weighted by atomic mass is 79.9. The number of halogens is 1. The fraction of sp³-hybridized carbons (Fsp3) is 0.438. The van der Waals surface area contributed by atoms with Gasteiger partial charge in [0.25, 0.3) is 0 Å². The van der Waals surface area contributed by atoms with Gasteiger partial charge in [-0.2, -0.15) is 0 Å². The van der Waals surface area contributed by atoms with Gasteiger partial charge >= 0.3 is 6.03 Å². The van der Waals surface area contributed by atoms with Crippen LogP contribution in [-0.2, 0) is 9.59 Å². The highest BCUT2D eigenvalue weighted by Crippen LogP contribution is 2.20. The number of anilines is 1. The van der Waals surface area contributed by atoms with E-state index in [1.807, 2.05) is 19.1 Å². The summed E-state index contributed by atoms with van der Waals surface area (Å²) in [7, 11) is 1.51. The molecule has 0 radical (unpaired) electrons. The summed E-state index contributed by atoms with van der Waals surface area (Å²) in [4.78, 5) is 36.8. The number of likely N-dealkylation sites (N-methyl/N-ethyl adjacent to an activating group) is 1. The van der Waals surface area contributed by atoms with Crippen LogP contribution in [0.1, 0.15) is 19.4 Å². The van der Waals surface area contributed by atoms with Crippen LogP contribution in [0.4, 0.5) is 10.5 Å². The second-order valence-corrected chi connectivity index (χ2v) is 6.85. The number of rotatable bonds is 6. The van der Waals surface area contributed by atoms with E-state index in [9.17, 15) is 14.4 Å². The third-order valence-corrected chi connectivity index (χ3v) is 3.94. The van der Waals surface area contributed by atoms with Crippen molar-refractivity contribution >= 4 is 39.5 Å². The summed E-state index contributed by atoms with van der Waals surface area (Å²) >= 11 is 3.36. The highest BCUT2D eigenvalue weighted by molar-refractivity contribution is 9.10. The molecule has 1 aromatic carbocycles. The monoisotopic (exact) mass is 398 g/mol. The smallest absolute Gasteiger partial charge is 0.312 e. The number of hydrogen-bond acceptors (Lipinski definition) is 3. The van der Waals surface area contributed by atoms with Gasteiger partial charge in [-0.15, -0.1) is 0 Å². The summed E-state index contributed by atoms with van der Waals surface area (Å²) in [5, 5.41) is 5.18. The number of primary amides is 1. The van der Waals surface area contributed by atoms with E-state index in [1.165, 1.54) is 11.9 Å². The summed E-state index contributed by atoms with van der Waals surface area (Å²) in [6.45, 7) is 5.33. The van der Waals surface area contributed by atoms with Gasteiger partial charge in [-0.3, -0.25) is 9.59 Å². The SMILES string of the molecule is Cc1cc(Br)ccc1NC(=O)CN(C)C(=O)C(NC(N)=O)C(C)C. The maximum Gasteiger partial charge on any atom is 0.312 e. The Morgan fingerprint density at radius 2 is 1.92 bits per heavy atom. The van der Waals surface area contributed by atoms with E-state index < -0.39 is 12.1 Å². The average molecular weight is 399 g/mol. The molecule has 0 aliphatic heterocycles. The van der Waals surface area contributed by atoms with Crippen molar-refractivity contribution in [1.29, 1.82) is 0 Å². The molecule has 1 aromatic rings.